The Morgan fingerprint density at radius 2 is 1.76 bits per heavy atom. The topological polar surface area (TPSA) is 163 Å². The minimum absolute atomic E-state index is 0.0918. The van der Waals surface area contributed by atoms with Gasteiger partial charge in [0.25, 0.3) is 0 Å². The molecule has 2 N–H and O–H groups in total. The molecule has 0 spiro atoms. The number of ketones is 1. The molecule has 38 heavy (non-hydrogen) atoms. The monoisotopic (exact) mass is 556 g/mol. The van der Waals surface area contributed by atoms with E-state index >= 15 is 0 Å². The van der Waals surface area contributed by atoms with Crippen LogP contribution in [0.3, 0.4) is 0 Å². The molecule has 1 aromatic carbocycles. The van der Waals surface area contributed by atoms with Crippen molar-refractivity contribution in [3.05, 3.63) is 23.8 Å². The number of carbonyl (C=O) groups is 4. The Morgan fingerprint density at radius 1 is 1.08 bits per heavy atom. The Kier molecular flexibility index (Phi) is 11.1. The van der Waals surface area contributed by atoms with E-state index in [1.807, 2.05) is 13.8 Å². The predicted octanol–water partition coefficient (Wildman–Crippen LogP) is 2.20. The summed E-state index contributed by atoms with van der Waals surface area (Å²) in [7, 11) is -3.23. The van der Waals surface area contributed by atoms with Crippen molar-refractivity contribution in [2.75, 3.05) is 23.9 Å². The van der Waals surface area contributed by atoms with Crippen LogP contribution in [0.15, 0.2) is 18.2 Å². The molecule has 13 heteroatoms. The minimum atomic E-state index is -3.23. The second kappa shape index (κ2) is 13.6. The van der Waals surface area contributed by atoms with E-state index in [1.54, 1.807) is 19.1 Å². The highest BCUT2D eigenvalue weighted by Gasteiger charge is 2.46. The molecular weight excluding hydrogens is 520 g/mol. The number of Topliss-reactive ketones (excluding diaryl/α,β-unsaturated/α-hetero) is 1. The highest BCUT2D eigenvalue weighted by Crippen LogP contribution is 2.36. The van der Waals surface area contributed by atoms with Crippen molar-refractivity contribution in [1.82, 2.24) is 5.32 Å². The summed E-state index contributed by atoms with van der Waals surface area (Å²) >= 11 is 0. The van der Waals surface area contributed by atoms with E-state index in [4.69, 9.17) is 18.9 Å². The van der Waals surface area contributed by atoms with E-state index in [-0.39, 0.29) is 60.3 Å². The summed E-state index contributed by atoms with van der Waals surface area (Å²) in [6.45, 7) is 7.77. The van der Waals surface area contributed by atoms with Gasteiger partial charge in [0.15, 0.2) is 11.9 Å². The van der Waals surface area contributed by atoms with Crippen molar-refractivity contribution in [1.29, 1.82) is 0 Å². The van der Waals surface area contributed by atoms with Crippen LogP contribution >= 0.6 is 0 Å². The van der Waals surface area contributed by atoms with Crippen LogP contribution < -0.4 is 15.4 Å². The zero-order valence-corrected chi connectivity index (χ0v) is 23.3. The fourth-order valence-corrected chi connectivity index (χ4v) is 4.33. The Labute approximate surface area is 222 Å². The highest BCUT2D eigenvalue weighted by atomic mass is 32.2. The number of carbonyl (C=O) groups excluding carboxylic acids is 4. The van der Waals surface area contributed by atoms with Crippen molar-refractivity contribution in [2.24, 2.45) is 11.8 Å². The van der Waals surface area contributed by atoms with Crippen LogP contribution in [0.5, 0.6) is 5.75 Å². The number of ether oxygens (including phenoxy) is 4. The Morgan fingerprint density at radius 3 is 2.34 bits per heavy atom. The quantitative estimate of drug-likeness (QED) is 0.386. The number of benzene rings is 1. The van der Waals surface area contributed by atoms with E-state index < -0.39 is 40.4 Å². The van der Waals surface area contributed by atoms with Crippen LogP contribution in [0, 0.1) is 11.8 Å². The van der Waals surface area contributed by atoms with Gasteiger partial charge in [-0.15, -0.1) is 0 Å². The molecule has 1 saturated heterocycles. The molecule has 2 amide bonds. The van der Waals surface area contributed by atoms with Gasteiger partial charge in [0.1, 0.15) is 28.3 Å². The molecule has 1 fully saturated rings. The number of sulfone groups is 1. The van der Waals surface area contributed by atoms with Crippen molar-refractivity contribution in [3.63, 3.8) is 0 Å². The van der Waals surface area contributed by atoms with Crippen LogP contribution in [-0.2, 0) is 45.0 Å². The van der Waals surface area contributed by atoms with Gasteiger partial charge in [-0.2, -0.15) is 0 Å². The molecule has 1 aromatic rings. The highest BCUT2D eigenvalue weighted by molar-refractivity contribution is 7.90. The van der Waals surface area contributed by atoms with Gasteiger partial charge >= 0.3 is 12.1 Å². The molecule has 0 aromatic heterocycles. The van der Waals surface area contributed by atoms with Gasteiger partial charge in [-0.3, -0.25) is 14.4 Å². The number of anilines is 1. The zero-order valence-electron chi connectivity index (χ0n) is 22.4. The molecular formula is C25H36N2O10S. The second-order valence-electron chi connectivity index (χ2n) is 9.31. The summed E-state index contributed by atoms with van der Waals surface area (Å²) in [5.41, 5.74) is 0.762. The fraction of sp³-hybridized carbons (Fsp3) is 0.600. The maximum atomic E-state index is 12.2. The molecule has 0 bridgehead atoms. The first-order valence-electron chi connectivity index (χ1n) is 12.2. The van der Waals surface area contributed by atoms with Gasteiger partial charge in [-0.25, -0.2) is 13.2 Å². The number of hydrogen-bond acceptors (Lipinski definition) is 10. The molecule has 2 rings (SSSR count). The lowest BCUT2D eigenvalue weighted by molar-refractivity contribution is -0.241. The Bertz CT molecular complexity index is 1140. The summed E-state index contributed by atoms with van der Waals surface area (Å²) in [5, 5.41) is 5.07. The first kappa shape index (κ1) is 31.0. The number of alkyl carbamates (subject to hydrolysis) is 1. The van der Waals surface area contributed by atoms with E-state index in [0.717, 1.165) is 6.26 Å². The largest absolute Gasteiger partial charge is 0.459 e. The minimum Gasteiger partial charge on any atom is -0.459 e. The first-order valence-corrected chi connectivity index (χ1v) is 14.3. The maximum Gasteiger partial charge on any atom is 0.407 e. The first-order chi connectivity index (χ1) is 17.7. The summed E-state index contributed by atoms with van der Waals surface area (Å²) in [6, 6.07) is 4.68. The molecule has 12 nitrogen and oxygen atoms in total. The normalized spacial score (nSPS) is 23.2. The van der Waals surface area contributed by atoms with E-state index in [1.165, 1.54) is 19.9 Å². The lowest BCUT2D eigenvalue weighted by Gasteiger charge is -2.42. The standard InChI is InChI=1S/C25H36N2O10S/c1-7-21(30)27-19-12-18(13-34-25(31)26-10-11-38(6,32)33)8-9-20(19)36-24-23(35-17(5)29)15(3)14(2)22(37-24)16(4)28/h8-9,12,14-15,22-24H,7,10-11,13H2,1-6H3,(H,26,31)(H,27,30)/t14-,15-,22-,23+,24+/m0/s1. The molecule has 1 heterocycles. The third-order valence-corrected chi connectivity index (χ3v) is 7.02. The molecule has 0 radical (unpaired) electrons. The molecule has 1 aliphatic rings. The third-order valence-electron chi connectivity index (χ3n) is 6.07. The number of esters is 1. The molecule has 0 unspecified atom stereocenters. The van der Waals surface area contributed by atoms with Crippen LogP contribution in [0.1, 0.15) is 46.6 Å². The lowest BCUT2D eigenvalue weighted by atomic mass is 9.82. The second-order valence-corrected chi connectivity index (χ2v) is 11.6. The van der Waals surface area contributed by atoms with Crippen molar-refractivity contribution in [2.45, 2.75) is 66.1 Å². The van der Waals surface area contributed by atoms with E-state index in [2.05, 4.69) is 10.6 Å². The smallest absolute Gasteiger partial charge is 0.407 e. The molecule has 0 aliphatic carbocycles. The molecule has 0 saturated carbocycles. The van der Waals surface area contributed by atoms with Gasteiger partial charge < -0.3 is 29.6 Å². The number of nitrogens with one attached hydrogen (secondary N) is 2. The van der Waals surface area contributed by atoms with Crippen LogP contribution in [0.4, 0.5) is 10.5 Å². The number of rotatable bonds is 11. The SMILES string of the molecule is CCC(=O)Nc1cc(COC(=O)NCCS(C)(=O)=O)ccc1O[C@@H]1O[C@H](C(C)=O)[C@@H](C)[C@H](C)[C@H]1OC(C)=O. The molecule has 5 atom stereocenters. The van der Waals surface area contributed by atoms with E-state index in [9.17, 15) is 27.6 Å². The van der Waals surface area contributed by atoms with Crippen LogP contribution in [0.2, 0.25) is 0 Å². The van der Waals surface area contributed by atoms with Crippen molar-refractivity contribution < 1.29 is 46.5 Å². The summed E-state index contributed by atoms with van der Waals surface area (Å²) < 4.78 is 45.0. The summed E-state index contributed by atoms with van der Waals surface area (Å²) in [5.74, 6) is -1.57. The average molecular weight is 557 g/mol. The van der Waals surface area contributed by atoms with Gasteiger partial charge in [0, 0.05) is 32.1 Å². The van der Waals surface area contributed by atoms with Gasteiger partial charge in [-0.05, 0) is 30.5 Å². The number of hydrogen-bond donors (Lipinski definition) is 2. The fourth-order valence-electron chi connectivity index (χ4n) is 3.85. The average Bonchev–Trinajstić information content (AvgIpc) is 2.82. The maximum absolute atomic E-state index is 12.2. The van der Waals surface area contributed by atoms with E-state index in [0.29, 0.717) is 5.56 Å². The predicted molar refractivity (Wildman–Crippen MR) is 137 cm³/mol. The molecule has 212 valence electrons. The zero-order chi connectivity index (χ0) is 28.6. The van der Waals surface area contributed by atoms with Gasteiger partial charge in [-0.1, -0.05) is 26.8 Å². The number of amides is 2. The van der Waals surface area contributed by atoms with Crippen LogP contribution in [-0.4, -0.2) is 69.2 Å². The summed E-state index contributed by atoms with van der Waals surface area (Å²) in [6.07, 6.45) is -2.27. The Balaban J connectivity index is 2.24. The van der Waals surface area contributed by atoms with Crippen molar-refractivity contribution in [3.8, 4) is 5.75 Å². The Hall–Kier alpha value is -3.19. The lowest BCUT2D eigenvalue weighted by Crippen LogP contribution is -2.55. The van der Waals surface area contributed by atoms with Gasteiger partial charge in [0.2, 0.25) is 12.2 Å². The summed E-state index contributed by atoms with van der Waals surface area (Å²) in [4.78, 5) is 48.1. The van der Waals surface area contributed by atoms with Crippen LogP contribution in [0.25, 0.3) is 0 Å². The molecule has 1 aliphatic heterocycles. The van der Waals surface area contributed by atoms with Gasteiger partial charge in [0.05, 0.1) is 11.4 Å². The third kappa shape index (κ3) is 9.28. The van der Waals surface area contributed by atoms with Crippen molar-refractivity contribution >= 4 is 39.3 Å².